The molecule has 1 saturated heterocycles. The molecule has 100 valence electrons. The molecule has 1 aromatic rings. The summed E-state index contributed by atoms with van der Waals surface area (Å²) in [5.41, 5.74) is 2.29. The van der Waals surface area contributed by atoms with E-state index >= 15 is 0 Å². The first-order chi connectivity index (χ1) is 8.57. The summed E-state index contributed by atoms with van der Waals surface area (Å²) in [6.45, 7) is 5.97. The molecule has 18 heavy (non-hydrogen) atoms. The van der Waals surface area contributed by atoms with Crippen molar-refractivity contribution in [3.8, 4) is 0 Å². The molecule has 0 bridgehead atoms. The Morgan fingerprint density at radius 1 is 1.67 bits per heavy atom. The third-order valence-electron chi connectivity index (χ3n) is 3.75. The third-order valence-corrected chi connectivity index (χ3v) is 3.75. The lowest BCUT2D eigenvalue weighted by molar-refractivity contribution is -0.137. The fourth-order valence-electron chi connectivity index (χ4n) is 2.83. The quantitative estimate of drug-likeness (QED) is 0.879. The molecule has 0 unspecified atom stereocenters. The van der Waals surface area contributed by atoms with Crippen LogP contribution < -0.4 is 0 Å². The number of aryl methyl sites for hydroxylation is 1. The van der Waals surface area contributed by atoms with E-state index in [1.165, 1.54) is 5.56 Å². The second-order valence-corrected chi connectivity index (χ2v) is 5.34. The van der Waals surface area contributed by atoms with Crippen molar-refractivity contribution < 1.29 is 9.53 Å². The van der Waals surface area contributed by atoms with Crippen molar-refractivity contribution in [1.82, 2.24) is 15.1 Å². The number of rotatable bonds is 3. The van der Waals surface area contributed by atoms with Gasteiger partial charge in [-0.25, -0.2) is 0 Å². The lowest BCUT2D eigenvalue weighted by atomic mass is 9.77. The van der Waals surface area contributed by atoms with E-state index in [1.807, 2.05) is 11.1 Å². The van der Waals surface area contributed by atoms with Crippen molar-refractivity contribution in [2.75, 3.05) is 26.8 Å². The van der Waals surface area contributed by atoms with Crippen LogP contribution in [0.1, 0.15) is 31.0 Å². The molecule has 1 aliphatic heterocycles. The van der Waals surface area contributed by atoms with Gasteiger partial charge in [0.05, 0.1) is 6.20 Å². The van der Waals surface area contributed by atoms with Gasteiger partial charge in [0.2, 0.25) is 5.91 Å². The van der Waals surface area contributed by atoms with Crippen molar-refractivity contribution in [3.63, 3.8) is 0 Å². The van der Waals surface area contributed by atoms with Crippen LogP contribution >= 0.6 is 0 Å². The first-order valence-electron chi connectivity index (χ1n) is 6.34. The molecule has 1 N–H and O–H groups in total. The number of H-pyrrole nitrogens is 1. The molecule has 5 heteroatoms. The van der Waals surface area contributed by atoms with Crippen LogP contribution in [0.3, 0.4) is 0 Å². The van der Waals surface area contributed by atoms with Crippen molar-refractivity contribution in [1.29, 1.82) is 0 Å². The second kappa shape index (κ2) is 5.10. The highest BCUT2D eigenvalue weighted by Crippen LogP contribution is 2.34. The molecule has 0 saturated carbocycles. The Morgan fingerprint density at radius 2 is 2.44 bits per heavy atom. The number of carbonyl (C=O) groups excluding carboxylic acids is 1. The largest absolute Gasteiger partial charge is 0.375 e. The van der Waals surface area contributed by atoms with Gasteiger partial charge in [-0.05, 0) is 25.3 Å². The van der Waals surface area contributed by atoms with Crippen LogP contribution in [-0.4, -0.2) is 47.8 Å². The van der Waals surface area contributed by atoms with Crippen LogP contribution in [-0.2, 0) is 14.9 Å². The molecule has 0 aliphatic carbocycles. The number of piperidine rings is 1. The average molecular weight is 251 g/mol. The summed E-state index contributed by atoms with van der Waals surface area (Å²) in [5.74, 6) is 0.0700. The number of aromatic nitrogens is 2. The van der Waals surface area contributed by atoms with E-state index in [0.717, 1.165) is 31.6 Å². The third kappa shape index (κ3) is 2.41. The molecule has 2 rings (SSSR count). The van der Waals surface area contributed by atoms with Gasteiger partial charge in [-0.15, -0.1) is 0 Å². The van der Waals surface area contributed by atoms with Crippen LogP contribution in [0.5, 0.6) is 0 Å². The molecule has 0 aromatic carbocycles. The number of nitrogens with one attached hydrogen (secondary N) is 1. The van der Waals surface area contributed by atoms with Gasteiger partial charge in [0, 0.05) is 31.3 Å². The lowest BCUT2D eigenvalue weighted by Crippen LogP contribution is -2.48. The summed E-state index contributed by atoms with van der Waals surface area (Å²) in [6.07, 6.45) is 3.94. The number of nitrogens with zero attached hydrogens (tertiary/aromatic N) is 2. The standard InChI is InChI=1S/C13H21N3O2/c1-10-7-14-15-12(10)13(2)5-4-6-16(9-13)11(17)8-18-3/h7H,4-6,8-9H2,1-3H3,(H,14,15)/t13-/m0/s1. The first kappa shape index (κ1) is 13.1. The SMILES string of the molecule is COCC(=O)N1CCC[C@](C)(c2[nH]ncc2C)C1. The Kier molecular flexibility index (Phi) is 3.71. The summed E-state index contributed by atoms with van der Waals surface area (Å²) in [7, 11) is 1.56. The minimum atomic E-state index is -0.0256. The van der Waals surface area contributed by atoms with Gasteiger partial charge in [0.15, 0.2) is 0 Å². The lowest BCUT2D eigenvalue weighted by Gasteiger charge is -2.40. The number of amides is 1. The number of likely N-dealkylation sites (tertiary alicyclic amines) is 1. The first-order valence-corrected chi connectivity index (χ1v) is 6.34. The number of aromatic amines is 1. The van der Waals surface area contributed by atoms with Gasteiger partial charge in [0.1, 0.15) is 6.61 Å². The van der Waals surface area contributed by atoms with Crippen LogP contribution in [0, 0.1) is 6.92 Å². The summed E-state index contributed by atoms with van der Waals surface area (Å²) < 4.78 is 4.93. The van der Waals surface area contributed by atoms with Gasteiger partial charge >= 0.3 is 0 Å². The van der Waals surface area contributed by atoms with Crippen molar-refractivity contribution >= 4 is 5.91 Å². The minimum Gasteiger partial charge on any atom is -0.375 e. The highest BCUT2D eigenvalue weighted by Gasteiger charge is 2.36. The normalized spacial score (nSPS) is 24.3. The Bertz CT molecular complexity index is 430. The maximum Gasteiger partial charge on any atom is 0.248 e. The number of hydrogen-bond acceptors (Lipinski definition) is 3. The van der Waals surface area contributed by atoms with Gasteiger partial charge < -0.3 is 9.64 Å². The van der Waals surface area contributed by atoms with E-state index in [9.17, 15) is 4.79 Å². The Labute approximate surface area is 108 Å². The molecule has 1 atom stereocenters. The molecule has 5 nitrogen and oxygen atoms in total. The van der Waals surface area contributed by atoms with Crippen molar-refractivity contribution in [2.45, 2.75) is 32.1 Å². The van der Waals surface area contributed by atoms with Gasteiger partial charge in [0.25, 0.3) is 0 Å². The van der Waals surface area contributed by atoms with Crippen LogP contribution in [0.2, 0.25) is 0 Å². The molecule has 0 radical (unpaired) electrons. The van der Waals surface area contributed by atoms with E-state index in [1.54, 1.807) is 7.11 Å². The van der Waals surface area contributed by atoms with Gasteiger partial charge in [-0.2, -0.15) is 5.10 Å². The number of hydrogen-bond donors (Lipinski definition) is 1. The topological polar surface area (TPSA) is 58.2 Å². The van der Waals surface area contributed by atoms with Crippen LogP contribution in [0.25, 0.3) is 0 Å². The van der Waals surface area contributed by atoms with Crippen LogP contribution in [0.4, 0.5) is 0 Å². The minimum absolute atomic E-state index is 0.0256. The monoisotopic (exact) mass is 251 g/mol. The molecular formula is C13H21N3O2. The molecule has 1 fully saturated rings. The predicted octanol–water partition coefficient (Wildman–Crippen LogP) is 1.24. The highest BCUT2D eigenvalue weighted by atomic mass is 16.5. The molecular weight excluding hydrogens is 230 g/mol. The van der Waals surface area contributed by atoms with E-state index in [-0.39, 0.29) is 17.9 Å². The number of methoxy groups -OCH3 is 1. The number of ether oxygens (including phenoxy) is 1. The summed E-state index contributed by atoms with van der Waals surface area (Å²) in [5, 5.41) is 7.18. The highest BCUT2D eigenvalue weighted by molar-refractivity contribution is 5.77. The zero-order valence-electron chi connectivity index (χ0n) is 11.3. The van der Waals surface area contributed by atoms with Crippen molar-refractivity contribution in [3.05, 3.63) is 17.5 Å². The fourth-order valence-corrected chi connectivity index (χ4v) is 2.83. The molecule has 1 amide bonds. The Balaban J connectivity index is 2.15. The zero-order valence-corrected chi connectivity index (χ0v) is 11.3. The maximum absolute atomic E-state index is 11.9. The molecule has 1 aliphatic rings. The summed E-state index contributed by atoms with van der Waals surface area (Å²) >= 11 is 0. The van der Waals surface area contributed by atoms with E-state index < -0.39 is 0 Å². The van der Waals surface area contributed by atoms with Gasteiger partial charge in [-0.1, -0.05) is 6.92 Å². The summed E-state index contributed by atoms with van der Waals surface area (Å²) in [4.78, 5) is 13.8. The fraction of sp³-hybridized carbons (Fsp3) is 0.692. The molecule has 0 spiro atoms. The van der Waals surface area contributed by atoms with Crippen LogP contribution in [0.15, 0.2) is 6.20 Å². The Hall–Kier alpha value is -1.36. The van der Waals surface area contributed by atoms with E-state index in [2.05, 4.69) is 24.0 Å². The van der Waals surface area contributed by atoms with E-state index in [0.29, 0.717) is 0 Å². The predicted molar refractivity (Wildman–Crippen MR) is 68.4 cm³/mol. The smallest absolute Gasteiger partial charge is 0.248 e. The maximum atomic E-state index is 11.9. The molecule has 2 heterocycles. The number of carbonyl (C=O) groups is 1. The second-order valence-electron chi connectivity index (χ2n) is 5.34. The van der Waals surface area contributed by atoms with Gasteiger partial charge in [-0.3, -0.25) is 9.89 Å². The average Bonchev–Trinajstić information content (AvgIpc) is 2.76. The van der Waals surface area contributed by atoms with Crippen molar-refractivity contribution in [2.24, 2.45) is 0 Å². The summed E-state index contributed by atoms with van der Waals surface area (Å²) in [6, 6.07) is 0. The van der Waals surface area contributed by atoms with E-state index in [4.69, 9.17) is 4.74 Å². The zero-order chi connectivity index (χ0) is 13.2. The Morgan fingerprint density at radius 3 is 3.06 bits per heavy atom. The molecule has 1 aromatic heterocycles.